The van der Waals surface area contributed by atoms with Gasteiger partial charge in [0.2, 0.25) is 0 Å². The Balaban J connectivity index is 1.67. The standard InChI is InChI=1S/C19H26BNO5/c1-18(2)19(3,4)26-20(25-18)15-8-6-13(7-9-15)16(22)21-11-10-14(12-21)17(23)24-5/h6-9,14H,10-12H2,1-5H3. The van der Waals surface area contributed by atoms with Gasteiger partial charge in [0.25, 0.3) is 5.91 Å². The summed E-state index contributed by atoms with van der Waals surface area (Å²) in [7, 11) is 0.931. The first-order chi connectivity index (χ1) is 12.1. The number of hydrogen-bond acceptors (Lipinski definition) is 5. The van der Waals surface area contributed by atoms with E-state index < -0.39 is 18.3 Å². The molecule has 2 aliphatic heterocycles. The summed E-state index contributed by atoms with van der Waals surface area (Å²) >= 11 is 0. The Labute approximate surface area is 154 Å². The number of carbonyl (C=O) groups is 2. The van der Waals surface area contributed by atoms with Gasteiger partial charge in [0, 0.05) is 18.7 Å². The average Bonchev–Trinajstić information content (AvgIpc) is 3.17. The molecular formula is C19H26BNO5. The highest BCUT2D eigenvalue weighted by Gasteiger charge is 2.51. The monoisotopic (exact) mass is 359 g/mol. The number of likely N-dealkylation sites (tertiary alicyclic amines) is 1. The molecule has 2 fully saturated rings. The molecule has 0 N–H and O–H groups in total. The van der Waals surface area contributed by atoms with E-state index in [2.05, 4.69) is 0 Å². The van der Waals surface area contributed by atoms with Gasteiger partial charge in [-0.15, -0.1) is 0 Å². The van der Waals surface area contributed by atoms with E-state index in [1.165, 1.54) is 7.11 Å². The molecule has 0 bridgehead atoms. The zero-order valence-corrected chi connectivity index (χ0v) is 16.1. The second kappa shape index (κ2) is 6.70. The van der Waals surface area contributed by atoms with Gasteiger partial charge in [0.05, 0.1) is 24.2 Å². The van der Waals surface area contributed by atoms with Crippen molar-refractivity contribution in [1.82, 2.24) is 4.90 Å². The van der Waals surface area contributed by atoms with E-state index >= 15 is 0 Å². The Morgan fingerprint density at radius 2 is 1.69 bits per heavy atom. The summed E-state index contributed by atoms with van der Waals surface area (Å²) in [6.45, 7) is 9.01. The molecule has 1 unspecified atom stereocenters. The molecule has 0 aromatic heterocycles. The Hall–Kier alpha value is -1.86. The van der Waals surface area contributed by atoms with E-state index in [0.717, 1.165) is 5.46 Å². The van der Waals surface area contributed by atoms with Gasteiger partial charge in [-0.2, -0.15) is 0 Å². The summed E-state index contributed by atoms with van der Waals surface area (Å²) in [6, 6.07) is 7.30. The highest BCUT2D eigenvalue weighted by Crippen LogP contribution is 2.36. The highest BCUT2D eigenvalue weighted by atomic mass is 16.7. The maximum absolute atomic E-state index is 12.7. The Morgan fingerprint density at radius 1 is 1.12 bits per heavy atom. The molecule has 1 atom stereocenters. The third kappa shape index (κ3) is 3.38. The number of ether oxygens (including phenoxy) is 1. The Bertz CT molecular complexity index is 684. The lowest BCUT2D eigenvalue weighted by atomic mass is 9.79. The van der Waals surface area contributed by atoms with Crippen molar-refractivity contribution in [2.24, 2.45) is 5.92 Å². The topological polar surface area (TPSA) is 65.1 Å². The van der Waals surface area contributed by atoms with Crippen molar-refractivity contribution >= 4 is 24.5 Å². The molecule has 0 aliphatic carbocycles. The van der Waals surface area contributed by atoms with Crippen LogP contribution in [0.5, 0.6) is 0 Å². The van der Waals surface area contributed by atoms with E-state index in [1.807, 2.05) is 39.8 Å². The van der Waals surface area contributed by atoms with Crippen molar-refractivity contribution < 1.29 is 23.6 Å². The van der Waals surface area contributed by atoms with Crippen LogP contribution in [0.2, 0.25) is 0 Å². The predicted molar refractivity (Wildman–Crippen MR) is 98.2 cm³/mol. The first-order valence-corrected chi connectivity index (χ1v) is 8.97. The average molecular weight is 359 g/mol. The lowest BCUT2D eigenvalue weighted by molar-refractivity contribution is -0.144. The molecule has 6 nitrogen and oxygen atoms in total. The van der Waals surface area contributed by atoms with Gasteiger partial charge in [-0.1, -0.05) is 12.1 Å². The summed E-state index contributed by atoms with van der Waals surface area (Å²) in [4.78, 5) is 26.0. The summed E-state index contributed by atoms with van der Waals surface area (Å²) < 4.78 is 16.8. The SMILES string of the molecule is COC(=O)C1CCN(C(=O)c2ccc(B3OC(C)(C)C(C)(C)O3)cc2)C1. The first kappa shape index (κ1) is 18.9. The van der Waals surface area contributed by atoms with Crippen LogP contribution in [-0.2, 0) is 18.8 Å². The van der Waals surface area contributed by atoms with Crippen molar-refractivity contribution in [3.63, 3.8) is 0 Å². The molecule has 140 valence electrons. The second-order valence-corrected chi connectivity index (χ2v) is 7.97. The smallest absolute Gasteiger partial charge is 0.469 e. The van der Waals surface area contributed by atoms with Crippen molar-refractivity contribution in [2.75, 3.05) is 20.2 Å². The van der Waals surface area contributed by atoms with Crippen molar-refractivity contribution in [2.45, 2.75) is 45.3 Å². The van der Waals surface area contributed by atoms with Crippen molar-refractivity contribution in [1.29, 1.82) is 0 Å². The Kier molecular flexibility index (Phi) is 4.88. The molecule has 1 amide bonds. The van der Waals surface area contributed by atoms with Gasteiger partial charge in [-0.05, 0) is 51.7 Å². The maximum Gasteiger partial charge on any atom is 0.494 e. The van der Waals surface area contributed by atoms with Crippen LogP contribution < -0.4 is 5.46 Å². The maximum atomic E-state index is 12.7. The van der Waals surface area contributed by atoms with Crippen LogP contribution in [0, 0.1) is 5.92 Å². The van der Waals surface area contributed by atoms with Crippen LogP contribution in [0.3, 0.4) is 0 Å². The van der Waals surface area contributed by atoms with Crippen LogP contribution in [0.15, 0.2) is 24.3 Å². The van der Waals surface area contributed by atoms with Crippen LogP contribution in [0.4, 0.5) is 0 Å². The van der Waals surface area contributed by atoms with Crippen LogP contribution in [-0.4, -0.2) is 55.3 Å². The summed E-state index contributed by atoms with van der Waals surface area (Å²) in [5, 5.41) is 0. The quantitative estimate of drug-likeness (QED) is 0.606. The molecule has 7 heteroatoms. The second-order valence-electron chi connectivity index (χ2n) is 7.97. The summed E-state index contributed by atoms with van der Waals surface area (Å²) in [6.07, 6.45) is 0.643. The largest absolute Gasteiger partial charge is 0.494 e. The van der Waals surface area contributed by atoms with Crippen LogP contribution >= 0.6 is 0 Å². The fourth-order valence-corrected chi connectivity index (χ4v) is 3.25. The number of methoxy groups -OCH3 is 1. The van der Waals surface area contributed by atoms with E-state index in [1.54, 1.807) is 17.0 Å². The minimum Gasteiger partial charge on any atom is -0.469 e. The first-order valence-electron chi connectivity index (χ1n) is 8.97. The van der Waals surface area contributed by atoms with E-state index in [9.17, 15) is 9.59 Å². The zero-order chi connectivity index (χ0) is 19.1. The fraction of sp³-hybridized carbons (Fsp3) is 0.579. The third-order valence-electron chi connectivity index (χ3n) is 5.69. The molecule has 3 rings (SSSR count). The van der Waals surface area contributed by atoms with Crippen LogP contribution in [0.1, 0.15) is 44.5 Å². The van der Waals surface area contributed by atoms with E-state index in [4.69, 9.17) is 14.0 Å². The van der Waals surface area contributed by atoms with Gasteiger partial charge in [0.1, 0.15) is 0 Å². The molecule has 0 spiro atoms. The van der Waals surface area contributed by atoms with Gasteiger partial charge in [0.15, 0.2) is 0 Å². The summed E-state index contributed by atoms with van der Waals surface area (Å²) in [5.41, 5.74) is 0.680. The lowest BCUT2D eigenvalue weighted by Crippen LogP contribution is -2.41. The molecule has 26 heavy (non-hydrogen) atoms. The highest BCUT2D eigenvalue weighted by molar-refractivity contribution is 6.62. The van der Waals surface area contributed by atoms with E-state index in [-0.39, 0.29) is 17.8 Å². The molecule has 2 heterocycles. The molecule has 0 radical (unpaired) electrons. The molecular weight excluding hydrogens is 333 g/mol. The normalized spacial score (nSPS) is 24.0. The number of esters is 1. The molecule has 1 aromatic rings. The minimum absolute atomic E-state index is 0.0723. The van der Waals surface area contributed by atoms with Gasteiger partial charge in [-0.3, -0.25) is 9.59 Å². The molecule has 2 saturated heterocycles. The van der Waals surface area contributed by atoms with Crippen LogP contribution in [0.25, 0.3) is 0 Å². The van der Waals surface area contributed by atoms with Gasteiger partial charge < -0.3 is 18.9 Å². The van der Waals surface area contributed by atoms with E-state index in [0.29, 0.717) is 25.1 Å². The number of rotatable bonds is 3. The minimum atomic E-state index is -0.445. The van der Waals surface area contributed by atoms with Gasteiger partial charge in [-0.25, -0.2) is 0 Å². The number of carbonyl (C=O) groups excluding carboxylic acids is 2. The zero-order valence-electron chi connectivity index (χ0n) is 16.1. The van der Waals surface area contributed by atoms with Gasteiger partial charge >= 0.3 is 13.1 Å². The number of amides is 1. The predicted octanol–water partition coefficient (Wildman–Crippen LogP) is 1.62. The molecule has 1 aromatic carbocycles. The lowest BCUT2D eigenvalue weighted by Gasteiger charge is -2.32. The van der Waals surface area contributed by atoms with Crippen molar-refractivity contribution in [3.05, 3.63) is 29.8 Å². The summed E-state index contributed by atoms with van der Waals surface area (Å²) in [5.74, 6) is -0.554. The third-order valence-corrected chi connectivity index (χ3v) is 5.69. The number of nitrogens with zero attached hydrogens (tertiary/aromatic N) is 1. The molecule has 0 saturated carbocycles. The number of benzene rings is 1. The van der Waals surface area contributed by atoms with Crippen molar-refractivity contribution in [3.8, 4) is 0 Å². The fourth-order valence-electron chi connectivity index (χ4n) is 3.25. The molecule has 2 aliphatic rings. The Morgan fingerprint density at radius 3 is 2.23 bits per heavy atom. The number of hydrogen-bond donors (Lipinski definition) is 0.